The van der Waals surface area contributed by atoms with E-state index in [1.165, 1.54) is 19.2 Å². The van der Waals surface area contributed by atoms with E-state index in [-0.39, 0.29) is 18.3 Å². The molecule has 1 aromatic rings. The van der Waals surface area contributed by atoms with E-state index in [0.717, 1.165) is 0 Å². The molecule has 6 nitrogen and oxygen atoms in total. The van der Waals surface area contributed by atoms with Crippen LogP contribution in [-0.4, -0.2) is 34.8 Å². The maximum Gasteiger partial charge on any atom is 0.332 e. The minimum absolute atomic E-state index is 0.0648. The summed E-state index contributed by atoms with van der Waals surface area (Å²) in [5, 5.41) is 20.1. The number of rotatable bonds is 5. The van der Waals surface area contributed by atoms with Gasteiger partial charge in [0, 0.05) is 11.8 Å². The minimum Gasteiger partial charge on any atom is -0.507 e. The fourth-order valence-corrected chi connectivity index (χ4v) is 1.13. The third kappa shape index (κ3) is 4.25. The van der Waals surface area contributed by atoms with Gasteiger partial charge in [0.1, 0.15) is 12.3 Å². The molecule has 0 unspecified atom stereocenters. The van der Waals surface area contributed by atoms with Gasteiger partial charge in [-0.3, -0.25) is 9.79 Å². The molecule has 0 fully saturated rings. The van der Waals surface area contributed by atoms with E-state index in [1.807, 2.05) is 0 Å². The number of nitrogens with one attached hydrogen (secondary N) is 1. The van der Waals surface area contributed by atoms with E-state index in [9.17, 15) is 14.7 Å². The molecule has 0 atom stereocenters. The monoisotopic (exact) mass is 249 g/mol. The molecule has 0 aliphatic carbocycles. The van der Waals surface area contributed by atoms with Crippen LogP contribution in [0.3, 0.4) is 0 Å². The Balaban J connectivity index is 2.48. The average Bonchev–Trinajstić information content (AvgIpc) is 2.31. The summed E-state index contributed by atoms with van der Waals surface area (Å²) in [6.45, 7) is 1.08. The van der Waals surface area contributed by atoms with Gasteiger partial charge in [-0.15, -0.1) is 0 Å². The Bertz CT molecular complexity index is 471. The van der Waals surface area contributed by atoms with Crippen molar-refractivity contribution in [1.29, 1.82) is 0 Å². The second-order valence-electron chi connectivity index (χ2n) is 3.51. The molecule has 18 heavy (non-hydrogen) atoms. The predicted octanol–water partition coefficient (Wildman–Crippen LogP) is 0.564. The van der Waals surface area contributed by atoms with Crippen LogP contribution in [0.4, 0.5) is 0 Å². The van der Waals surface area contributed by atoms with Crippen LogP contribution >= 0.6 is 0 Å². The Morgan fingerprint density at radius 2 is 2.06 bits per heavy atom. The summed E-state index contributed by atoms with van der Waals surface area (Å²) in [6, 6.07) is 6.39. The van der Waals surface area contributed by atoms with Gasteiger partial charge in [0.2, 0.25) is 5.91 Å². The molecule has 95 valence electrons. The third-order valence-corrected chi connectivity index (χ3v) is 2.05. The molecule has 1 rings (SSSR count). The first-order chi connectivity index (χ1) is 8.50. The van der Waals surface area contributed by atoms with Gasteiger partial charge in [-0.05, 0) is 19.1 Å². The van der Waals surface area contributed by atoms with Crippen LogP contribution in [0.25, 0.3) is 0 Å². The highest BCUT2D eigenvalue weighted by Crippen LogP contribution is 2.12. The van der Waals surface area contributed by atoms with Crippen LogP contribution in [0.15, 0.2) is 29.3 Å². The lowest BCUT2D eigenvalue weighted by Crippen LogP contribution is -2.33. The van der Waals surface area contributed by atoms with Crippen LogP contribution < -0.4 is 5.32 Å². The van der Waals surface area contributed by atoms with Crippen molar-refractivity contribution in [3.8, 4) is 5.75 Å². The van der Waals surface area contributed by atoms with Gasteiger partial charge in [-0.2, -0.15) is 0 Å². The summed E-state index contributed by atoms with van der Waals surface area (Å²) in [6.07, 6.45) is 1.35. The first-order valence-corrected chi connectivity index (χ1v) is 5.15. The van der Waals surface area contributed by atoms with Gasteiger partial charge in [0.15, 0.2) is 6.04 Å². The Labute approximate surface area is 104 Å². The zero-order valence-corrected chi connectivity index (χ0v) is 9.75. The lowest BCUT2D eigenvalue weighted by molar-refractivity contribution is -0.137. The van der Waals surface area contributed by atoms with Crippen molar-refractivity contribution in [2.75, 3.05) is 6.54 Å². The molecule has 6 heteroatoms. The average molecular weight is 249 g/mol. The van der Waals surface area contributed by atoms with E-state index in [1.54, 1.807) is 18.2 Å². The molecule has 0 saturated carbocycles. The number of hydrogen-bond acceptors (Lipinski definition) is 4. The molecule has 3 N–H and O–H groups in total. The number of hydrogen-bond donors (Lipinski definition) is 3. The van der Waals surface area contributed by atoms with E-state index >= 15 is 0 Å². The van der Waals surface area contributed by atoms with Gasteiger partial charge in [-0.25, -0.2) is 4.79 Å². The van der Waals surface area contributed by atoms with E-state index < -0.39 is 11.9 Å². The van der Waals surface area contributed by atoms with E-state index in [2.05, 4.69) is 10.3 Å². The van der Waals surface area contributed by atoms with E-state index in [4.69, 9.17) is 5.11 Å². The highest BCUT2D eigenvalue weighted by molar-refractivity contribution is 5.91. The highest BCUT2D eigenvalue weighted by atomic mass is 16.4. The number of nitrogens with zero attached hydrogens (tertiary/aromatic N) is 1. The topological polar surface area (TPSA) is 99.0 Å². The number of aromatic hydroxyl groups is 1. The number of aliphatic carboxylic acids is 1. The van der Waals surface area contributed by atoms with Crippen molar-refractivity contribution < 1.29 is 19.8 Å². The Morgan fingerprint density at radius 3 is 2.67 bits per heavy atom. The van der Waals surface area contributed by atoms with Crippen LogP contribution in [0, 0.1) is 6.04 Å². The number of aliphatic imine (C=N–C) groups is 1. The summed E-state index contributed by atoms with van der Waals surface area (Å²) in [4.78, 5) is 25.5. The van der Waals surface area contributed by atoms with Gasteiger partial charge < -0.3 is 15.5 Å². The summed E-state index contributed by atoms with van der Waals surface area (Å²) in [7, 11) is 0. The quantitative estimate of drug-likeness (QED) is 0.664. The van der Waals surface area contributed by atoms with Gasteiger partial charge in [0.05, 0.1) is 0 Å². The molecule has 1 radical (unpaired) electrons. The number of para-hydroxylation sites is 1. The smallest absolute Gasteiger partial charge is 0.332 e. The number of amides is 1. The predicted molar refractivity (Wildman–Crippen MR) is 65.3 cm³/mol. The number of phenols is 1. The maximum atomic E-state index is 11.3. The number of carboxylic acid groups (broad SMARTS) is 1. The van der Waals surface area contributed by atoms with Crippen LogP contribution in [0.5, 0.6) is 5.75 Å². The molecule has 0 aromatic heterocycles. The number of benzene rings is 1. The number of carbonyl (C=O) groups excluding carboxylic acids is 1. The van der Waals surface area contributed by atoms with Crippen molar-refractivity contribution in [3.05, 3.63) is 35.9 Å². The largest absolute Gasteiger partial charge is 0.507 e. The fourth-order valence-electron chi connectivity index (χ4n) is 1.13. The SMILES string of the molecule is C[C](NC(=O)CN=Cc1ccccc1O)C(=O)O. The normalized spacial score (nSPS) is 10.8. The zero-order chi connectivity index (χ0) is 13.5. The second-order valence-corrected chi connectivity index (χ2v) is 3.51. The zero-order valence-electron chi connectivity index (χ0n) is 9.75. The Hall–Kier alpha value is -2.37. The molecule has 1 amide bonds. The molecule has 0 aliphatic rings. The molecule has 0 aliphatic heterocycles. The first kappa shape index (κ1) is 13.7. The van der Waals surface area contributed by atoms with Crippen molar-refractivity contribution in [2.45, 2.75) is 6.92 Å². The third-order valence-electron chi connectivity index (χ3n) is 2.05. The lowest BCUT2D eigenvalue weighted by atomic mass is 10.2. The Kier molecular flexibility index (Phi) is 4.86. The maximum absolute atomic E-state index is 11.3. The van der Waals surface area contributed by atoms with E-state index in [0.29, 0.717) is 5.56 Å². The molecular weight excluding hydrogens is 236 g/mol. The molecule has 0 spiro atoms. The highest BCUT2D eigenvalue weighted by Gasteiger charge is 2.14. The van der Waals surface area contributed by atoms with Crippen LogP contribution in [-0.2, 0) is 9.59 Å². The number of carboxylic acids is 1. The molecule has 1 aromatic carbocycles. The first-order valence-electron chi connectivity index (χ1n) is 5.15. The van der Waals surface area contributed by atoms with Crippen LogP contribution in [0.1, 0.15) is 12.5 Å². The summed E-state index contributed by atoms with van der Waals surface area (Å²) < 4.78 is 0. The molecule has 0 saturated heterocycles. The summed E-state index contributed by atoms with van der Waals surface area (Å²) in [5.41, 5.74) is 0.490. The number of phenolic OH excluding ortho intramolecular Hbond substituents is 1. The fraction of sp³-hybridized carbons (Fsp3) is 0.167. The standard InChI is InChI=1S/C12H13N2O4/c1-8(12(17)18)14-11(16)7-13-6-9-4-2-3-5-10(9)15/h2-6,15H,7H2,1H3,(H,14,16)(H,17,18). The molecule has 0 bridgehead atoms. The van der Waals surface area contributed by atoms with Crippen molar-refractivity contribution in [2.24, 2.45) is 4.99 Å². The molecular formula is C12H13N2O4. The summed E-state index contributed by atoms with van der Waals surface area (Å²) >= 11 is 0. The van der Waals surface area contributed by atoms with Crippen molar-refractivity contribution in [3.63, 3.8) is 0 Å². The lowest BCUT2D eigenvalue weighted by Gasteiger charge is -2.05. The minimum atomic E-state index is -1.19. The molecule has 0 heterocycles. The van der Waals surface area contributed by atoms with Crippen molar-refractivity contribution in [1.82, 2.24) is 5.32 Å². The number of carbonyl (C=O) groups is 2. The summed E-state index contributed by atoms with van der Waals surface area (Å²) in [5.74, 6) is -1.65. The second kappa shape index (κ2) is 6.39. The van der Waals surface area contributed by atoms with Gasteiger partial charge in [0.25, 0.3) is 0 Å². The van der Waals surface area contributed by atoms with Crippen LogP contribution in [0.2, 0.25) is 0 Å². The van der Waals surface area contributed by atoms with Crippen molar-refractivity contribution >= 4 is 18.1 Å². The Morgan fingerprint density at radius 1 is 1.39 bits per heavy atom. The van der Waals surface area contributed by atoms with Gasteiger partial charge in [-0.1, -0.05) is 12.1 Å². The van der Waals surface area contributed by atoms with Gasteiger partial charge >= 0.3 is 5.97 Å².